The number of carboxylic acids is 1. The Labute approximate surface area is 194 Å². The molecule has 1 saturated heterocycles. The van der Waals surface area contributed by atoms with Crippen molar-refractivity contribution in [3.63, 3.8) is 0 Å². The summed E-state index contributed by atoms with van der Waals surface area (Å²) < 4.78 is 28.1. The Bertz CT molecular complexity index is 953. The van der Waals surface area contributed by atoms with Crippen LogP contribution in [0.5, 0.6) is 0 Å². The summed E-state index contributed by atoms with van der Waals surface area (Å²) in [6.45, 7) is 7.10. The maximum atomic E-state index is 13.1. The fourth-order valence-corrected chi connectivity index (χ4v) is 4.98. The van der Waals surface area contributed by atoms with Crippen LogP contribution in [0.25, 0.3) is 0 Å². The quantitative estimate of drug-likeness (QED) is 0.399. The van der Waals surface area contributed by atoms with Crippen LogP contribution in [0, 0.1) is 18.8 Å². The number of aryl methyl sites for hydroxylation is 1. The molecule has 0 radical (unpaired) electrons. The number of hydrogen-bond donors (Lipinski definition) is 4. The van der Waals surface area contributed by atoms with Crippen molar-refractivity contribution in [3.8, 4) is 0 Å². The van der Waals surface area contributed by atoms with E-state index in [4.69, 9.17) is 5.11 Å². The zero-order valence-corrected chi connectivity index (χ0v) is 20.1. The van der Waals surface area contributed by atoms with E-state index >= 15 is 0 Å². The Hall–Kier alpha value is -2.50. The van der Waals surface area contributed by atoms with Gasteiger partial charge in [0.25, 0.3) is 0 Å². The summed E-state index contributed by atoms with van der Waals surface area (Å²) >= 11 is 0. The molecule has 1 aromatic rings. The summed E-state index contributed by atoms with van der Waals surface area (Å²) in [4.78, 5) is 38.3. The van der Waals surface area contributed by atoms with E-state index in [-0.39, 0.29) is 29.8 Å². The predicted molar refractivity (Wildman–Crippen MR) is 121 cm³/mol. The third-order valence-corrected chi connectivity index (χ3v) is 7.23. The highest BCUT2D eigenvalue weighted by Gasteiger charge is 2.36. The van der Waals surface area contributed by atoms with Gasteiger partial charge in [-0.05, 0) is 44.7 Å². The van der Waals surface area contributed by atoms with Crippen molar-refractivity contribution in [2.45, 2.75) is 63.6 Å². The Kier molecular flexibility index (Phi) is 8.98. The summed E-state index contributed by atoms with van der Waals surface area (Å²) in [5.41, 5.74) is 0.917. The van der Waals surface area contributed by atoms with Gasteiger partial charge in [0.1, 0.15) is 6.04 Å². The number of carbonyl (C=O) groups excluding carboxylic acids is 2. The SMILES string of the molecule is Cc1ccc(S(=O)(=O)N[C@H](C(=O)N2CCC(C(=O)N[C@H](C(=O)O)[C@@H](C)O)CC2)C(C)C)cc1. The maximum Gasteiger partial charge on any atom is 0.328 e. The molecule has 0 spiro atoms. The van der Waals surface area contributed by atoms with Crippen LogP contribution in [-0.4, -0.2) is 72.6 Å². The van der Waals surface area contributed by atoms with Gasteiger partial charge in [-0.3, -0.25) is 9.59 Å². The van der Waals surface area contributed by atoms with Crippen LogP contribution in [0.15, 0.2) is 29.2 Å². The number of amides is 2. The zero-order valence-electron chi connectivity index (χ0n) is 19.3. The van der Waals surface area contributed by atoms with Gasteiger partial charge in [-0.1, -0.05) is 31.5 Å². The molecule has 11 heteroatoms. The molecule has 1 aliphatic heterocycles. The van der Waals surface area contributed by atoms with E-state index in [1.165, 1.54) is 24.0 Å². The highest BCUT2D eigenvalue weighted by molar-refractivity contribution is 7.89. The molecule has 3 atom stereocenters. The molecule has 4 N–H and O–H groups in total. The number of benzene rings is 1. The molecule has 1 heterocycles. The number of sulfonamides is 1. The molecule has 0 unspecified atom stereocenters. The van der Waals surface area contributed by atoms with E-state index in [0.29, 0.717) is 12.8 Å². The van der Waals surface area contributed by atoms with Gasteiger partial charge >= 0.3 is 5.97 Å². The topological polar surface area (TPSA) is 153 Å². The van der Waals surface area contributed by atoms with Crippen molar-refractivity contribution in [3.05, 3.63) is 29.8 Å². The van der Waals surface area contributed by atoms with Crippen LogP contribution < -0.4 is 10.0 Å². The minimum absolute atomic E-state index is 0.0769. The molecular formula is C22H33N3O7S. The summed E-state index contributed by atoms with van der Waals surface area (Å²) in [5, 5.41) is 21.0. The monoisotopic (exact) mass is 483 g/mol. The number of likely N-dealkylation sites (tertiary alicyclic amines) is 1. The van der Waals surface area contributed by atoms with E-state index in [1.807, 2.05) is 6.92 Å². The highest BCUT2D eigenvalue weighted by atomic mass is 32.2. The normalized spacial score (nSPS) is 17.9. The summed E-state index contributed by atoms with van der Waals surface area (Å²) in [7, 11) is -3.90. The molecule has 0 saturated carbocycles. The van der Waals surface area contributed by atoms with E-state index in [2.05, 4.69) is 10.0 Å². The van der Waals surface area contributed by atoms with E-state index in [0.717, 1.165) is 5.56 Å². The second kappa shape index (κ2) is 11.1. The second-order valence-corrected chi connectivity index (χ2v) is 10.5. The number of rotatable bonds is 9. The number of nitrogens with one attached hydrogen (secondary N) is 2. The lowest BCUT2D eigenvalue weighted by molar-refractivity contribution is -0.146. The zero-order chi connectivity index (χ0) is 24.9. The second-order valence-electron chi connectivity index (χ2n) is 8.82. The van der Waals surface area contributed by atoms with Gasteiger partial charge in [0.2, 0.25) is 21.8 Å². The van der Waals surface area contributed by atoms with Crippen molar-refractivity contribution in [1.29, 1.82) is 0 Å². The number of aliphatic carboxylic acids is 1. The smallest absolute Gasteiger partial charge is 0.328 e. The van der Waals surface area contributed by atoms with Crippen LogP contribution in [0.4, 0.5) is 0 Å². The minimum Gasteiger partial charge on any atom is -0.480 e. The molecule has 2 amide bonds. The van der Waals surface area contributed by atoms with E-state index < -0.39 is 46.0 Å². The molecule has 10 nitrogen and oxygen atoms in total. The average molecular weight is 484 g/mol. The van der Waals surface area contributed by atoms with Crippen LogP contribution in [0.2, 0.25) is 0 Å². The third kappa shape index (κ3) is 6.99. The van der Waals surface area contributed by atoms with Gasteiger partial charge in [0, 0.05) is 19.0 Å². The number of aliphatic hydroxyl groups excluding tert-OH is 1. The van der Waals surface area contributed by atoms with Crippen LogP contribution in [0.3, 0.4) is 0 Å². The van der Waals surface area contributed by atoms with Crippen LogP contribution in [0.1, 0.15) is 39.2 Å². The Balaban J connectivity index is 2.02. The Morgan fingerprint density at radius 3 is 2.03 bits per heavy atom. The van der Waals surface area contributed by atoms with Crippen molar-refractivity contribution < 1.29 is 33.0 Å². The minimum atomic E-state index is -3.90. The Morgan fingerprint density at radius 2 is 1.58 bits per heavy atom. The number of carbonyl (C=O) groups is 3. The van der Waals surface area contributed by atoms with Gasteiger partial charge in [0.15, 0.2) is 6.04 Å². The number of piperidine rings is 1. The first-order chi connectivity index (χ1) is 15.3. The lowest BCUT2D eigenvalue weighted by atomic mass is 9.94. The fraction of sp³-hybridized carbons (Fsp3) is 0.591. The van der Waals surface area contributed by atoms with Crippen LogP contribution in [-0.2, 0) is 24.4 Å². The molecule has 1 aliphatic rings. The van der Waals surface area contributed by atoms with Crippen molar-refractivity contribution in [2.24, 2.45) is 11.8 Å². The summed E-state index contributed by atoms with van der Waals surface area (Å²) in [5.74, 6) is -2.99. The number of nitrogens with zero attached hydrogens (tertiary/aromatic N) is 1. The fourth-order valence-electron chi connectivity index (χ4n) is 3.64. The molecule has 0 bridgehead atoms. The lowest BCUT2D eigenvalue weighted by Crippen LogP contribution is -2.54. The first-order valence-corrected chi connectivity index (χ1v) is 12.4. The predicted octanol–water partition coefficient (Wildman–Crippen LogP) is 0.487. The average Bonchev–Trinajstić information content (AvgIpc) is 2.75. The molecule has 2 rings (SSSR count). The summed E-state index contributed by atoms with van der Waals surface area (Å²) in [6, 6.07) is 3.97. The van der Waals surface area contributed by atoms with Crippen molar-refractivity contribution in [2.75, 3.05) is 13.1 Å². The van der Waals surface area contributed by atoms with Gasteiger partial charge in [-0.2, -0.15) is 4.72 Å². The van der Waals surface area contributed by atoms with Gasteiger partial charge in [-0.25, -0.2) is 13.2 Å². The first kappa shape index (κ1) is 26.7. The number of carboxylic acid groups (broad SMARTS) is 1. The Morgan fingerprint density at radius 1 is 1.03 bits per heavy atom. The van der Waals surface area contributed by atoms with Gasteiger partial charge in [-0.15, -0.1) is 0 Å². The molecule has 0 aromatic heterocycles. The van der Waals surface area contributed by atoms with E-state index in [9.17, 15) is 27.9 Å². The largest absolute Gasteiger partial charge is 0.480 e. The lowest BCUT2D eigenvalue weighted by Gasteiger charge is -2.35. The molecule has 1 fully saturated rings. The maximum absolute atomic E-state index is 13.1. The van der Waals surface area contributed by atoms with Gasteiger partial charge < -0.3 is 20.4 Å². The highest BCUT2D eigenvalue weighted by Crippen LogP contribution is 2.21. The van der Waals surface area contributed by atoms with E-state index in [1.54, 1.807) is 26.0 Å². The summed E-state index contributed by atoms with van der Waals surface area (Å²) in [6.07, 6.45) is -0.639. The first-order valence-electron chi connectivity index (χ1n) is 10.9. The van der Waals surface area contributed by atoms with Crippen molar-refractivity contribution >= 4 is 27.8 Å². The standard InChI is InChI=1S/C22H33N3O7S/c1-13(2)18(24-33(31,32)17-7-5-14(3)6-8-17)21(28)25-11-9-16(10-12-25)20(27)23-19(15(4)26)22(29)30/h5-8,13,15-16,18-19,24,26H,9-12H2,1-4H3,(H,23,27)(H,29,30)/t15-,18+,19+/m1/s1. The molecular weight excluding hydrogens is 450 g/mol. The van der Waals surface area contributed by atoms with Crippen molar-refractivity contribution in [1.82, 2.24) is 14.9 Å². The molecule has 1 aromatic carbocycles. The van der Waals surface area contributed by atoms with Gasteiger partial charge in [0.05, 0.1) is 11.0 Å². The van der Waals surface area contributed by atoms with Crippen LogP contribution >= 0.6 is 0 Å². The third-order valence-electron chi connectivity index (χ3n) is 5.77. The molecule has 0 aliphatic carbocycles. The number of hydrogen-bond acceptors (Lipinski definition) is 6. The molecule has 33 heavy (non-hydrogen) atoms. The number of aliphatic hydroxyl groups is 1. The molecule has 184 valence electrons.